The lowest BCUT2D eigenvalue weighted by Crippen LogP contribution is -2.50. The van der Waals surface area contributed by atoms with E-state index in [0.29, 0.717) is 30.0 Å². The lowest BCUT2D eigenvalue weighted by Gasteiger charge is -2.34. The molecule has 0 radical (unpaired) electrons. The number of aromatic nitrogens is 4. The number of rotatable bonds is 3. The first-order valence-corrected chi connectivity index (χ1v) is 10.7. The molecule has 1 N–H and O–H groups in total. The maximum Gasteiger partial charge on any atom is 0.257 e. The zero-order valence-electron chi connectivity index (χ0n) is 15.6. The Hall–Kier alpha value is -2.20. The van der Waals surface area contributed by atoms with E-state index in [1.165, 1.54) is 4.31 Å². The third-order valence-electron chi connectivity index (χ3n) is 5.40. The standard InChI is InChI=1S/C17H24N6O3S/c1-12-16(13(2)20-19-12)27(25,26)22-9-7-21(8-10-22)17(24)14-11-18-23-6-4-3-5-15(14)23/h11H,3-10H2,1-2H3,(H,19,20). The summed E-state index contributed by atoms with van der Waals surface area (Å²) in [4.78, 5) is 14.9. The molecule has 1 fully saturated rings. The van der Waals surface area contributed by atoms with Crippen LogP contribution in [-0.2, 0) is 23.0 Å². The summed E-state index contributed by atoms with van der Waals surface area (Å²) in [5.41, 5.74) is 2.67. The third-order valence-corrected chi connectivity index (χ3v) is 7.56. The molecule has 0 aromatic carbocycles. The molecule has 0 atom stereocenters. The molecule has 2 aliphatic rings. The molecule has 2 aromatic rings. The van der Waals surface area contributed by atoms with Crippen LogP contribution in [0.1, 0.15) is 40.3 Å². The number of aromatic amines is 1. The van der Waals surface area contributed by atoms with Crippen LogP contribution in [0.4, 0.5) is 0 Å². The van der Waals surface area contributed by atoms with E-state index in [-0.39, 0.29) is 23.9 Å². The van der Waals surface area contributed by atoms with Crippen LogP contribution in [0.5, 0.6) is 0 Å². The van der Waals surface area contributed by atoms with Crippen LogP contribution in [0.2, 0.25) is 0 Å². The molecule has 2 aliphatic heterocycles. The van der Waals surface area contributed by atoms with E-state index in [4.69, 9.17) is 0 Å². The van der Waals surface area contributed by atoms with Crippen molar-refractivity contribution in [1.82, 2.24) is 29.2 Å². The van der Waals surface area contributed by atoms with Gasteiger partial charge in [0.15, 0.2) is 0 Å². The number of amides is 1. The van der Waals surface area contributed by atoms with Gasteiger partial charge in [-0.2, -0.15) is 14.5 Å². The van der Waals surface area contributed by atoms with Crippen molar-refractivity contribution in [3.8, 4) is 0 Å². The van der Waals surface area contributed by atoms with E-state index in [1.807, 2.05) is 4.68 Å². The Morgan fingerprint density at radius 1 is 1.11 bits per heavy atom. The summed E-state index contributed by atoms with van der Waals surface area (Å²) in [5.74, 6) is -0.0501. The van der Waals surface area contributed by atoms with Crippen LogP contribution >= 0.6 is 0 Å². The lowest BCUT2D eigenvalue weighted by molar-refractivity contribution is 0.0696. The number of carbonyl (C=O) groups is 1. The van der Waals surface area contributed by atoms with E-state index in [1.54, 1.807) is 24.9 Å². The SMILES string of the molecule is Cc1n[nH]c(C)c1S(=O)(=O)N1CCN(C(=O)c2cnn3c2CCCC3)CC1. The van der Waals surface area contributed by atoms with Crippen LogP contribution in [-0.4, -0.2) is 69.7 Å². The number of sulfonamides is 1. The normalized spacial score (nSPS) is 18.5. The second-order valence-electron chi connectivity index (χ2n) is 7.14. The van der Waals surface area contributed by atoms with Crippen molar-refractivity contribution in [2.75, 3.05) is 26.2 Å². The Balaban J connectivity index is 1.48. The number of hydrogen-bond acceptors (Lipinski definition) is 5. The number of nitrogens with zero attached hydrogens (tertiary/aromatic N) is 5. The zero-order chi connectivity index (χ0) is 19.2. The van der Waals surface area contributed by atoms with Crippen molar-refractivity contribution in [2.24, 2.45) is 0 Å². The number of fused-ring (bicyclic) bond motifs is 1. The Morgan fingerprint density at radius 2 is 1.85 bits per heavy atom. The molecule has 0 bridgehead atoms. The molecule has 0 unspecified atom stereocenters. The second kappa shape index (κ2) is 6.75. The Morgan fingerprint density at radius 3 is 2.52 bits per heavy atom. The van der Waals surface area contributed by atoms with Gasteiger partial charge in [0.1, 0.15) is 4.90 Å². The number of piperazine rings is 1. The fraction of sp³-hybridized carbons (Fsp3) is 0.588. The van der Waals surface area contributed by atoms with Gasteiger partial charge in [-0.25, -0.2) is 8.42 Å². The molecule has 0 saturated carbocycles. The minimum atomic E-state index is -3.61. The summed E-state index contributed by atoms with van der Waals surface area (Å²) < 4.78 is 29.2. The van der Waals surface area contributed by atoms with E-state index in [0.717, 1.165) is 31.5 Å². The first kappa shape index (κ1) is 18.2. The number of H-pyrrole nitrogens is 1. The molecular formula is C17H24N6O3S. The van der Waals surface area contributed by atoms with Gasteiger partial charge in [-0.1, -0.05) is 0 Å². The minimum absolute atomic E-state index is 0.0501. The highest BCUT2D eigenvalue weighted by molar-refractivity contribution is 7.89. The van der Waals surface area contributed by atoms with Crippen molar-refractivity contribution < 1.29 is 13.2 Å². The van der Waals surface area contributed by atoms with Crippen LogP contribution in [0.25, 0.3) is 0 Å². The predicted molar refractivity (Wildman–Crippen MR) is 97.9 cm³/mol. The van der Waals surface area contributed by atoms with Gasteiger partial charge in [0, 0.05) is 32.7 Å². The lowest BCUT2D eigenvalue weighted by atomic mass is 10.1. The van der Waals surface area contributed by atoms with Gasteiger partial charge >= 0.3 is 0 Å². The maximum atomic E-state index is 12.9. The Bertz CT molecular complexity index is 949. The summed E-state index contributed by atoms with van der Waals surface area (Å²) in [6.07, 6.45) is 4.69. The quantitative estimate of drug-likeness (QED) is 0.828. The van der Waals surface area contributed by atoms with Gasteiger partial charge in [-0.05, 0) is 33.1 Å². The summed E-state index contributed by atoms with van der Waals surface area (Å²) >= 11 is 0. The van der Waals surface area contributed by atoms with E-state index >= 15 is 0 Å². The molecule has 4 heterocycles. The summed E-state index contributed by atoms with van der Waals surface area (Å²) in [6, 6.07) is 0. The fourth-order valence-corrected chi connectivity index (χ4v) is 5.71. The molecule has 0 spiro atoms. The maximum absolute atomic E-state index is 12.9. The van der Waals surface area contributed by atoms with Crippen molar-refractivity contribution in [1.29, 1.82) is 0 Å². The minimum Gasteiger partial charge on any atom is -0.336 e. The number of nitrogens with one attached hydrogen (secondary N) is 1. The van der Waals surface area contributed by atoms with Gasteiger partial charge in [0.25, 0.3) is 5.91 Å². The van der Waals surface area contributed by atoms with Crippen molar-refractivity contribution in [3.05, 3.63) is 28.8 Å². The molecule has 10 heteroatoms. The smallest absolute Gasteiger partial charge is 0.257 e. The van der Waals surface area contributed by atoms with E-state index in [2.05, 4.69) is 15.3 Å². The number of aryl methyl sites for hydroxylation is 3. The number of hydrogen-bond donors (Lipinski definition) is 1. The largest absolute Gasteiger partial charge is 0.336 e. The van der Waals surface area contributed by atoms with E-state index < -0.39 is 10.0 Å². The topological polar surface area (TPSA) is 104 Å². The molecule has 9 nitrogen and oxygen atoms in total. The monoisotopic (exact) mass is 392 g/mol. The molecule has 2 aromatic heterocycles. The predicted octanol–water partition coefficient (Wildman–Crippen LogP) is 0.706. The molecule has 27 heavy (non-hydrogen) atoms. The highest BCUT2D eigenvalue weighted by atomic mass is 32.2. The molecule has 146 valence electrons. The highest BCUT2D eigenvalue weighted by Crippen LogP contribution is 2.24. The van der Waals surface area contributed by atoms with Gasteiger partial charge in [0.2, 0.25) is 10.0 Å². The summed E-state index contributed by atoms with van der Waals surface area (Å²) in [7, 11) is -3.61. The van der Waals surface area contributed by atoms with Gasteiger partial charge < -0.3 is 4.90 Å². The van der Waals surface area contributed by atoms with Crippen LogP contribution < -0.4 is 0 Å². The Kier molecular flexibility index (Phi) is 4.55. The average Bonchev–Trinajstić information content (AvgIpc) is 3.24. The second-order valence-corrected chi connectivity index (χ2v) is 9.02. The van der Waals surface area contributed by atoms with Crippen LogP contribution in [0.15, 0.2) is 11.1 Å². The van der Waals surface area contributed by atoms with Crippen LogP contribution in [0, 0.1) is 13.8 Å². The summed E-state index contributed by atoms with van der Waals surface area (Å²) in [5, 5.41) is 11.0. The van der Waals surface area contributed by atoms with Crippen molar-refractivity contribution >= 4 is 15.9 Å². The summed E-state index contributed by atoms with van der Waals surface area (Å²) in [6.45, 7) is 5.55. The molecule has 1 saturated heterocycles. The molecule has 4 rings (SSSR count). The first-order chi connectivity index (χ1) is 12.9. The highest BCUT2D eigenvalue weighted by Gasteiger charge is 2.34. The fourth-order valence-electron chi connectivity index (χ4n) is 3.95. The average molecular weight is 392 g/mol. The number of carbonyl (C=O) groups excluding carboxylic acids is 1. The van der Waals surface area contributed by atoms with Gasteiger partial charge in [-0.3, -0.25) is 14.6 Å². The van der Waals surface area contributed by atoms with Crippen molar-refractivity contribution in [3.63, 3.8) is 0 Å². The van der Waals surface area contributed by atoms with Crippen LogP contribution in [0.3, 0.4) is 0 Å². The molecular weight excluding hydrogens is 368 g/mol. The Labute approximate surface area is 158 Å². The van der Waals surface area contributed by atoms with Gasteiger partial charge in [0.05, 0.1) is 28.8 Å². The molecule has 1 amide bonds. The zero-order valence-corrected chi connectivity index (χ0v) is 16.4. The first-order valence-electron chi connectivity index (χ1n) is 9.25. The van der Waals surface area contributed by atoms with Crippen molar-refractivity contribution in [2.45, 2.75) is 44.6 Å². The third kappa shape index (κ3) is 3.06. The van der Waals surface area contributed by atoms with E-state index in [9.17, 15) is 13.2 Å². The van der Waals surface area contributed by atoms with Gasteiger partial charge in [-0.15, -0.1) is 0 Å². The molecule has 0 aliphatic carbocycles.